The summed E-state index contributed by atoms with van der Waals surface area (Å²) in [5.41, 5.74) is 4.72. The zero-order valence-electron chi connectivity index (χ0n) is 17.1. The third-order valence-electron chi connectivity index (χ3n) is 5.98. The van der Waals surface area contributed by atoms with E-state index in [2.05, 4.69) is 15.7 Å². The number of hydrogen-bond donors (Lipinski definition) is 1. The van der Waals surface area contributed by atoms with Crippen molar-refractivity contribution in [2.75, 3.05) is 19.6 Å². The predicted octanol–water partition coefficient (Wildman–Crippen LogP) is 4.23. The Hall–Kier alpha value is -1.44. The lowest BCUT2D eigenvalue weighted by Crippen LogP contribution is -2.36. The summed E-state index contributed by atoms with van der Waals surface area (Å²) in [6, 6.07) is 9.46. The number of ketones is 1. The van der Waals surface area contributed by atoms with E-state index < -0.39 is 10.0 Å². The molecule has 2 aromatic rings. The van der Waals surface area contributed by atoms with Gasteiger partial charge in [0.15, 0.2) is 5.78 Å². The zero-order valence-corrected chi connectivity index (χ0v) is 19.5. The fraction of sp³-hybridized carbons (Fsp3) is 0.409. The summed E-state index contributed by atoms with van der Waals surface area (Å²) in [4.78, 5) is 14.9. The van der Waals surface area contributed by atoms with Gasteiger partial charge in [0.1, 0.15) is 0 Å². The lowest BCUT2D eigenvalue weighted by atomic mass is 9.93. The van der Waals surface area contributed by atoms with E-state index in [1.807, 2.05) is 12.1 Å². The van der Waals surface area contributed by atoms with Crippen LogP contribution in [0.5, 0.6) is 0 Å². The molecule has 0 amide bonds. The SMILES string of the molecule is Cc1cc(S(=O)(=O)NCCCN2CCc3cccc4c3C2CC4=O)c(C)cc1Cl.Cl. The first-order valence-electron chi connectivity index (χ1n) is 9.93. The first-order valence-corrected chi connectivity index (χ1v) is 11.8. The topological polar surface area (TPSA) is 66.5 Å². The molecule has 2 aliphatic rings. The van der Waals surface area contributed by atoms with Crippen LogP contribution in [0.4, 0.5) is 0 Å². The molecule has 8 heteroatoms. The molecule has 0 spiro atoms. The molecule has 2 aromatic carbocycles. The minimum atomic E-state index is -3.58. The lowest BCUT2D eigenvalue weighted by Gasteiger charge is -2.34. The Morgan fingerprint density at radius 2 is 1.97 bits per heavy atom. The summed E-state index contributed by atoms with van der Waals surface area (Å²) in [6.07, 6.45) is 2.15. The molecule has 1 atom stereocenters. The van der Waals surface area contributed by atoms with E-state index in [9.17, 15) is 13.2 Å². The van der Waals surface area contributed by atoms with E-state index >= 15 is 0 Å². The number of benzene rings is 2. The minimum absolute atomic E-state index is 0. The van der Waals surface area contributed by atoms with Gasteiger partial charge in [0, 0.05) is 42.7 Å². The van der Waals surface area contributed by atoms with Gasteiger partial charge in [-0.3, -0.25) is 9.69 Å². The number of halogens is 2. The molecule has 1 N–H and O–H groups in total. The Bertz CT molecular complexity index is 1090. The largest absolute Gasteiger partial charge is 0.295 e. The highest BCUT2D eigenvalue weighted by atomic mass is 35.5. The molecule has 30 heavy (non-hydrogen) atoms. The maximum absolute atomic E-state index is 12.7. The molecule has 0 saturated carbocycles. The summed E-state index contributed by atoms with van der Waals surface area (Å²) in [5, 5.41) is 0.567. The van der Waals surface area contributed by atoms with Crippen molar-refractivity contribution in [3.8, 4) is 0 Å². The van der Waals surface area contributed by atoms with Gasteiger partial charge in [-0.05, 0) is 61.1 Å². The number of sulfonamides is 1. The number of carbonyl (C=O) groups is 1. The second kappa shape index (κ2) is 8.97. The van der Waals surface area contributed by atoms with Gasteiger partial charge >= 0.3 is 0 Å². The smallest absolute Gasteiger partial charge is 0.240 e. The first-order chi connectivity index (χ1) is 13.8. The van der Waals surface area contributed by atoms with Crippen LogP contribution in [-0.4, -0.2) is 38.7 Å². The number of carbonyl (C=O) groups excluding carboxylic acids is 1. The Morgan fingerprint density at radius 1 is 1.20 bits per heavy atom. The van der Waals surface area contributed by atoms with Crippen LogP contribution in [0.3, 0.4) is 0 Å². The fourth-order valence-electron chi connectivity index (χ4n) is 4.46. The first kappa shape index (κ1) is 23.2. The van der Waals surface area contributed by atoms with Crippen molar-refractivity contribution in [1.82, 2.24) is 9.62 Å². The third kappa shape index (κ3) is 4.30. The summed E-state index contributed by atoms with van der Waals surface area (Å²) in [6.45, 7) is 5.56. The predicted molar refractivity (Wildman–Crippen MR) is 121 cm³/mol. The molecule has 4 rings (SSSR count). The van der Waals surface area contributed by atoms with Crippen molar-refractivity contribution in [1.29, 1.82) is 0 Å². The van der Waals surface area contributed by atoms with Crippen LogP contribution >= 0.6 is 24.0 Å². The molecular formula is C22H26Cl2N2O3S. The average Bonchev–Trinajstić information content (AvgIpc) is 3.02. The highest BCUT2D eigenvalue weighted by Crippen LogP contribution is 2.41. The maximum Gasteiger partial charge on any atom is 0.240 e. The summed E-state index contributed by atoms with van der Waals surface area (Å²) >= 11 is 6.08. The summed E-state index contributed by atoms with van der Waals surface area (Å²) < 4.78 is 28.1. The lowest BCUT2D eigenvalue weighted by molar-refractivity contribution is 0.0949. The molecule has 1 aliphatic heterocycles. The molecular weight excluding hydrogens is 443 g/mol. The van der Waals surface area contributed by atoms with Crippen molar-refractivity contribution < 1.29 is 13.2 Å². The second-order valence-corrected chi connectivity index (χ2v) is 10.1. The number of nitrogens with zero attached hydrogens (tertiary/aromatic N) is 1. The van der Waals surface area contributed by atoms with E-state index in [0.717, 1.165) is 30.6 Å². The number of aryl methyl sites for hydroxylation is 2. The summed E-state index contributed by atoms with van der Waals surface area (Å²) in [7, 11) is -3.58. The molecule has 0 radical (unpaired) electrons. The van der Waals surface area contributed by atoms with E-state index in [-0.39, 0.29) is 29.1 Å². The molecule has 0 saturated heterocycles. The molecule has 1 unspecified atom stereocenters. The van der Waals surface area contributed by atoms with Crippen molar-refractivity contribution >= 4 is 39.8 Å². The zero-order chi connectivity index (χ0) is 20.8. The summed E-state index contributed by atoms with van der Waals surface area (Å²) in [5.74, 6) is 0.216. The van der Waals surface area contributed by atoms with Crippen LogP contribution in [0.15, 0.2) is 35.2 Å². The van der Waals surface area contributed by atoms with Gasteiger partial charge in [0.05, 0.1) is 4.90 Å². The van der Waals surface area contributed by atoms with Gasteiger partial charge in [-0.2, -0.15) is 0 Å². The number of hydrogen-bond acceptors (Lipinski definition) is 4. The Labute approximate surface area is 189 Å². The average molecular weight is 469 g/mol. The minimum Gasteiger partial charge on any atom is -0.295 e. The fourth-order valence-corrected chi connectivity index (χ4v) is 6.07. The highest BCUT2D eigenvalue weighted by Gasteiger charge is 2.37. The van der Waals surface area contributed by atoms with Gasteiger partial charge < -0.3 is 0 Å². The van der Waals surface area contributed by atoms with Crippen molar-refractivity contribution in [2.45, 2.75) is 44.0 Å². The van der Waals surface area contributed by atoms with Crippen LogP contribution in [0.2, 0.25) is 5.02 Å². The number of rotatable bonds is 6. The van der Waals surface area contributed by atoms with Crippen LogP contribution in [0.25, 0.3) is 0 Å². The molecule has 162 valence electrons. The number of Topliss-reactive ketones (excluding diaryl/α,β-unsaturated/α-hetero) is 1. The maximum atomic E-state index is 12.7. The molecule has 0 aromatic heterocycles. The van der Waals surface area contributed by atoms with E-state index in [0.29, 0.717) is 30.0 Å². The van der Waals surface area contributed by atoms with E-state index in [4.69, 9.17) is 11.6 Å². The highest BCUT2D eigenvalue weighted by molar-refractivity contribution is 7.89. The van der Waals surface area contributed by atoms with Crippen molar-refractivity contribution in [2.24, 2.45) is 0 Å². The molecule has 5 nitrogen and oxygen atoms in total. The molecule has 1 aliphatic carbocycles. The molecule has 1 heterocycles. The monoisotopic (exact) mass is 468 g/mol. The van der Waals surface area contributed by atoms with Gasteiger partial charge in [0.2, 0.25) is 10.0 Å². The van der Waals surface area contributed by atoms with Crippen LogP contribution < -0.4 is 4.72 Å². The van der Waals surface area contributed by atoms with Gasteiger partial charge in [-0.25, -0.2) is 13.1 Å². The quantitative estimate of drug-likeness (QED) is 0.643. The normalized spacial score (nSPS) is 18.2. The van der Waals surface area contributed by atoms with Gasteiger partial charge in [0.25, 0.3) is 0 Å². The Kier molecular flexibility index (Phi) is 6.94. The second-order valence-electron chi connectivity index (χ2n) is 7.93. The van der Waals surface area contributed by atoms with Crippen molar-refractivity contribution in [3.63, 3.8) is 0 Å². The van der Waals surface area contributed by atoms with Crippen LogP contribution in [0, 0.1) is 13.8 Å². The van der Waals surface area contributed by atoms with Crippen LogP contribution in [-0.2, 0) is 16.4 Å². The van der Waals surface area contributed by atoms with E-state index in [1.54, 1.807) is 26.0 Å². The molecule has 0 fully saturated rings. The van der Waals surface area contributed by atoms with Gasteiger partial charge in [-0.15, -0.1) is 12.4 Å². The molecule has 0 bridgehead atoms. The third-order valence-corrected chi connectivity index (χ3v) is 7.99. The Balaban J connectivity index is 0.00000256. The van der Waals surface area contributed by atoms with E-state index in [1.165, 1.54) is 11.1 Å². The standard InChI is InChI=1S/C22H25ClN2O3S.ClH/c1-14-12-21(15(2)11-18(14)23)29(27,28)24-8-4-9-25-10-7-16-5-3-6-17-20(26)13-19(25)22(16)17;/h3,5-6,11-12,19,24H,4,7-10,13H2,1-2H3;1H. The van der Waals surface area contributed by atoms with Gasteiger partial charge in [-0.1, -0.05) is 29.8 Å². The Morgan fingerprint density at radius 3 is 2.73 bits per heavy atom. The van der Waals surface area contributed by atoms with Crippen molar-refractivity contribution in [3.05, 3.63) is 63.2 Å². The number of nitrogens with one attached hydrogen (secondary N) is 1. The van der Waals surface area contributed by atoms with Crippen LogP contribution in [0.1, 0.15) is 51.5 Å².